The Hall–Kier alpha value is -1.40. The summed E-state index contributed by atoms with van der Waals surface area (Å²) in [6.45, 7) is 3.62. The number of halogens is 1. The molecule has 2 aromatic rings. The zero-order valence-corrected chi connectivity index (χ0v) is 12.9. The number of aromatic nitrogens is 1. The molecule has 0 fully saturated rings. The topological polar surface area (TPSA) is 51.2 Å². The molecule has 1 amide bonds. The van der Waals surface area contributed by atoms with E-state index in [0.717, 1.165) is 14.4 Å². The van der Waals surface area contributed by atoms with Gasteiger partial charge in [0.05, 0.1) is 16.1 Å². The van der Waals surface area contributed by atoms with Crippen LogP contribution in [0.4, 0.5) is 10.5 Å². The smallest absolute Gasteiger partial charge is 0.411 e. The van der Waals surface area contributed by atoms with Crippen molar-refractivity contribution in [3.05, 3.63) is 34.2 Å². The highest BCUT2D eigenvalue weighted by molar-refractivity contribution is 9.11. The maximum atomic E-state index is 11.4. The van der Waals surface area contributed by atoms with E-state index >= 15 is 0 Å². The van der Waals surface area contributed by atoms with Gasteiger partial charge in [-0.1, -0.05) is 0 Å². The highest BCUT2D eigenvalue weighted by Crippen LogP contribution is 2.29. The van der Waals surface area contributed by atoms with E-state index in [1.54, 1.807) is 17.5 Å². The van der Waals surface area contributed by atoms with Crippen LogP contribution in [0.15, 0.2) is 34.2 Å². The summed E-state index contributed by atoms with van der Waals surface area (Å²) < 4.78 is 6.00. The van der Waals surface area contributed by atoms with Crippen molar-refractivity contribution in [1.29, 1.82) is 0 Å². The normalized spacial score (nSPS) is 10.5. The molecule has 0 aliphatic carbocycles. The molecule has 1 aromatic carbocycles. The lowest BCUT2D eigenvalue weighted by Gasteiger charge is -2.09. The summed E-state index contributed by atoms with van der Waals surface area (Å²) in [6.07, 6.45) is 1.19. The van der Waals surface area contributed by atoms with Crippen LogP contribution in [0, 0.1) is 0 Å². The number of hydrogen-bond acceptors (Lipinski definition) is 4. The molecule has 0 atom stereocenters. The number of ether oxygens (including phenoxy) is 1. The molecular weight excluding hydrogens is 328 g/mol. The van der Waals surface area contributed by atoms with E-state index in [0.29, 0.717) is 5.69 Å². The van der Waals surface area contributed by atoms with Crippen molar-refractivity contribution < 1.29 is 9.53 Å². The Labute approximate surface area is 124 Å². The van der Waals surface area contributed by atoms with E-state index in [-0.39, 0.29) is 6.10 Å². The molecule has 4 nitrogen and oxygen atoms in total. The number of benzene rings is 1. The summed E-state index contributed by atoms with van der Waals surface area (Å²) in [4.78, 5) is 15.7. The molecule has 1 N–H and O–H groups in total. The Morgan fingerprint density at radius 2 is 2.05 bits per heavy atom. The maximum Gasteiger partial charge on any atom is 0.411 e. The predicted octanol–water partition coefficient (Wildman–Crippen LogP) is 4.53. The van der Waals surface area contributed by atoms with Crippen LogP contribution in [0.5, 0.6) is 0 Å². The highest BCUT2D eigenvalue weighted by Gasteiger charge is 2.07. The SMILES string of the molecule is CC(C)OC(=O)Nc1ccc(-c2ncc(Br)s2)cc1. The van der Waals surface area contributed by atoms with Gasteiger partial charge in [-0.15, -0.1) is 11.3 Å². The molecule has 0 spiro atoms. The Morgan fingerprint density at radius 3 is 2.58 bits per heavy atom. The third kappa shape index (κ3) is 4.04. The van der Waals surface area contributed by atoms with Crippen LogP contribution in [-0.2, 0) is 4.74 Å². The number of carbonyl (C=O) groups is 1. The van der Waals surface area contributed by atoms with E-state index in [2.05, 4.69) is 26.2 Å². The van der Waals surface area contributed by atoms with Gasteiger partial charge in [0.15, 0.2) is 0 Å². The number of nitrogens with one attached hydrogen (secondary N) is 1. The van der Waals surface area contributed by atoms with E-state index in [1.165, 1.54) is 0 Å². The Balaban J connectivity index is 2.04. The molecule has 100 valence electrons. The minimum Gasteiger partial charge on any atom is -0.447 e. The minimum absolute atomic E-state index is 0.132. The monoisotopic (exact) mass is 340 g/mol. The fourth-order valence-electron chi connectivity index (χ4n) is 1.45. The van der Waals surface area contributed by atoms with Crippen LogP contribution in [-0.4, -0.2) is 17.2 Å². The van der Waals surface area contributed by atoms with Gasteiger partial charge in [0.25, 0.3) is 0 Å². The average Bonchev–Trinajstić information content (AvgIpc) is 2.75. The van der Waals surface area contributed by atoms with E-state index in [4.69, 9.17) is 4.74 Å². The van der Waals surface area contributed by atoms with Gasteiger partial charge in [0, 0.05) is 11.3 Å². The van der Waals surface area contributed by atoms with Crippen LogP contribution in [0.2, 0.25) is 0 Å². The largest absolute Gasteiger partial charge is 0.447 e. The quantitative estimate of drug-likeness (QED) is 0.892. The first-order valence-corrected chi connectivity index (χ1v) is 7.35. The third-order valence-electron chi connectivity index (χ3n) is 2.20. The fourth-order valence-corrected chi connectivity index (χ4v) is 2.66. The van der Waals surface area contributed by atoms with Crippen molar-refractivity contribution in [2.75, 3.05) is 5.32 Å². The first-order valence-electron chi connectivity index (χ1n) is 5.74. The van der Waals surface area contributed by atoms with Crippen LogP contribution in [0.1, 0.15) is 13.8 Å². The lowest BCUT2D eigenvalue weighted by Crippen LogP contribution is -2.17. The Bertz CT molecular complexity index is 566. The van der Waals surface area contributed by atoms with Gasteiger partial charge >= 0.3 is 6.09 Å². The third-order valence-corrected chi connectivity index (χ3v) is 3.72. The summed E-state index contributed by atoms with van der Waals surface area (Å²) in [5.41, 5.74) is 1.71. The second-order valence-electron chi connectivity index (χ2n) is 4.13. The second-order valence-corrected chi connectivity index (χ2v) is 6.54. The molecule has 0 radical (unpaired) electrons. The zero-order chi connectivity index (χ0) is 13.8. The van der Waals surface area contributed by atoms with Gasteiger partial charge in [0.2, 0.25) is 0 Å². The van der Waals surface area contributed by atoms with E-state index in [9.17, 15) is 4.79 Å². The van der Waals surface area contributed by atoms with Crippen molar-refractivity contribution in [1.82, 2.24) is 4.98 Å². The number of nitrogens with zero attached hydrogens (tertiary/aromatic N) is 1. The molecule has 19 heavy (non-hydrogen) atoms. The molecule has 6 heteroatoms. The Morgan fingerprint density at radius 1 is 1.37 bits per heavy atom. The predicted molar refractivity (Wildman–Crippen MR) is 80.5 cm³/mol. The molecule has 2 rings (SSSR count). The number of hydrogen-bond donors (Lipinski definition) is 1. The molecule has 0 saturated heterocycles. The fraction of sp³-hybridized carbons (Fsp3) is 0.231. The van der Waals surface area contributed by atoms with Crippen molar-refractivity contribution in [3.8, 4) is 10.6 Å². The summed E-state index contributed by atoms with van der Waals surface area (Å²) >= 11 is 4.94. The molecule has 0 bridgehead atoms. The summed E-state index contributed by atoms with van der Waals surface area (Å²) in [5, 5.41) is 3.60. The van der Waals surface area contributed by atoms with Gasteiger partial charge in [-0.3, -0.25) is 5.32 Å². The van der Waals surface area contributed by atoms with Gasteiger partial charge in [0.1, 0.15) is 5.01 Å². The number of rotatable bonds is 3. The molecule has 1 aromatic heterocycles. The van der Waals surface area contributed by atoms with Gasteiger partial charge in [-0.05, 0) is 54.0 Å². The number of anilines is 1. The van der Waals surface area contributed by atoms with Crippen molar-refractivity contribution >= 4 is 39.0 Å². The van der Waals surface area contributed by atoms with Crippen LogP contribution in [0.3, 0.4) is 0 Å². The average molecular weight is 341 g/mol. The maximum absolute atomic E-state index is 11.4. The van der Waals surface area contributed by atoms with Gasteiger partial charge < -0.3 is 4.74 Å². The van der Waals surface area contributed by atoms with Crippen LogP contribution in [0.25, 0.3) is 10.6 Å². The number of thiazole rings is 1. The van der Waals surface area contributed by atoms with E-state index < -0.39 is 6.09 Å². The van der Waals surface area contributed by atoms with Crippen molar-refractivity contribution in [2.45, 2.75) is 20.0 Å². The molecule has 0 aliphatic heterocycles. The van der Waals surface area contributed by atoms with Crippen LogP contribution < -0.4 is 5.32 Å². The first-order chi connectivity index (χ1) is 9.04. The van der Waals surface area contributed by atoms with Crippen molar-refractivity contribution in [2.24, 2.45) is 0 Å². The highest BCUT2D eigenvalue weighted by atomic mass is 79.9. The molecule has 0 unspecified atom stereocenters. The van der Waals surface area contributed by atoms with Crippen molar-refractivity contribution in [3.63, 3.8) is 0 Å². The molecule has 1 heterocycles. The second kappa shape index (κ2) is 6.16. The van der Waals surface area contributed by atoms with Gasteiger partial charge in [-0.25, -0.2) is 9.78 Å². The number of amides is 1. The minimum atomic E-state index is -0.445. The zero-order valence-electron chi connectivity index (χ0n) is 10.5. The van der Waals surface area contributed by atoms with Crippen LogP contribution >= 0.6 is 27.3 Å². The first kappa shape index (κ1) is 14.0. The summed E-state index contributed by atoms with van der Waals surface area (Å²) in [6, 6.07) is 7.48. The lowest BCUT2D eigenvalue weighted by molar-refractivity contribution is 0.130. The number of carbonyl (C=O) groups excluding carboxylic acids is 1. The van der Waals surface area contributed by atoms with E-state index in [1.807, 2.05) is 38.1 Å². The summed E-state index contributed by atoms with van der Waals surface area (Å²) in [5.74, 6) is 0. The molecular formula is C13H13BrN2O2S. The summed E-state index contributed by atoms with van der Waals surface area (Å²) in [7, 11) is 0. The molecule has 0 saturated carbocycles. The van der Waals surface area contributed by atoms with Gasteiger partial charge in [-0.2, -0.15) is 0 Å². The lowest BCUT2D eigenvalue weighted by atomic mass is 10.2. The Kier molecular flexibility index (Phi) is 4.55. The molecule has 0 aliphatic rings. The standard InChI is InChI=1S/C13H13BrN2O2S/c1-8(2)18-13(17)16-10-5-3-9(4-6-10)12-15-7-11(14)19-12/h3-8H,1-2H3,(H,16,17).